The smallest absolute Gasteiger partial charge is 0.327 e. The largest absolute Gasteiger partial charge is 0.360 e. The Kier molecular flexibility index (Phi) is 4.26. The molecule has 0 aliphatic carbocycles. The molecule has 0 aliphatic rings. The molecule has 0 fully saturated rings. The predicted octanol–water partition coefficient (Wildman–Crippen LogP) is 3.25. The molecular weight excluding hydrogens is 305 g/mol. The fraction of sp³-hybridized carbons (Fsp3) is 0.0833. The number of anilines is 1. The number of rotatable bonds is 2. The number of nitrogens with one attached hydrogen (secondary N) is 2. The van der Waals surface area contributed by atoms with Crippen molar-refractivity contribution in [3.63, 3.8) is 0 Å². The molecule has 1 aromatic heterocycles. The molecule has 0 radical (unpaired) electrons. The maximum Gasteiger partial charge on any atom is 0.327 e. The van der Waals surface area contributed by atoms with Gasteiger partial charge in [-0.05, 0) is 19.1 Å². The molecule has 2 rings (SSSR count). The van der Waals surface area contributed by atoms with E-state index in [1.807, 2.05) is 0 Å². The molecule has 3 amide bonds. The first kappa shape index (κ1) is 14.4. The van der Waals surface area contributed by atoms with Gasteiger partial charge in [0.05, 0.1) is 15.6 Å². The molecule has 0 spiro atoms. The number of nitrogens with zero attached hydrogens (tertiary/aromatic N) is 1. The van der Waals surface area contributed by atoms with Crippen molar-refractivity contribution in [2.24, 2.45) is 0 Å². The highest BCUT2D eigenvalue weighted by Gasteiger charge is 2.17. The Morgan fingerprint density at radius 2 is 1.90 bits per heavy atom. The third-order valence-electron chi connectivity index (χ3n) is 2.29. The van der Waals surface area contributed by atoms with E-state index in [2.05, 4.69) is 15.8 Å². The highest BCUT2D eigenvalue weighted by atomic mass is 35.5. The highest BCUT2D eigenvalue weighted by molar-refractivity contribution is 6.40. The number of urea groups is 1. The van der Waals surface area contributed by atoms with Crippen molar-refractivity contribution in [1.29, 1.82) is 0 Å². The molecule has 0 unspecified atom stereocenters. The van der Waals surface area contributed by atoms with Gasteiger partial charge in [-0.15, -0.1) is 0 Å². The van der Waals surface area contributed by atoms with E-state index in [0.717, 1.165) is 0 Å². The first-order valence-electron chi connectivity index (χ1n) is 5.47. The molecule has 1 heterocycles. The van der Waals surface area contributed by atoms with Crippen molar-refractivity contribution in [3.8, 4) is 0 Å². The minimum atomic E-state index is -0.765. The topological polar surface area (TPSA) is 84.2 Å². The number of hydrogen-bond donors (Lipinski definition) is 2. The summed E-state index contributed by atoms with van der Waals surface area (Å²) in [5.41, 5.74) is 0.0299. The molecule has 2 N–H and O–H groups in total. The van der Waals surface area contributed by atoms with Crippen molar-refractivity contribution in [2.75, 3.05) is 5.32 Å². The summed E-state index contributed by atoms with van der Waals surface area (Å²) in [4.78, 5) is 23.5. The van der Waals surface area contributed by atoms with Gasteiger partial charge in [-0.2, -0.15) is 0 Å². The number of hydrogen-bond acceptors (Lipinski definition) is 4. The molecule has 104 valence electrons. The third-order valence-corrected chi connectivity index (χ3v) is 2.92. The zero-order valence-electron chi connectivity index (χ0n) is 10.2. The van der Waals surface area contributed by atoms with Crippen LogP contribution in [0.4, 0.5) is 10.6 Å². The zero-order valence-corrected chi connectivity index (χ0v) is 11.7. The number of aryl methyl sites for hydroxylation is 1. The number of carbonyl (C=O) groups excluding carboxylic acids is 2. The van der Waals surface area contributed by atoms with Crippen molar-refractivity contribution < 1.29 is 14.1 Å². The van der Waals surface area contributed by atoms with Gasteiger partial charge < -0.3 is 4.52 Å². The van der Waals surface area contributed by atoms with Crippen LogP contribution >= 0.6 is 23.2 Å². The fourth-order valence-corrected chi connectivity index (χ4v) is 2.02. The minimum absolute atomic E-state index is 0.0299. The number of halogens is 2. The van der Waals surface area contributed by atoms with E-state index in [0.29, 0.717) is 5.76 Å². The number of benzene rings is 1. The van der Waals surface area contributed by atoms with Gasteiger partial charge in [0.1, 0.15) is 5.76 Å². The van der Waals surface area contributed by atoms with Gasteiger partial charge in [-0.1, -0.05) is 34.4 Å². The third kappa shape index (κ3) is 3.28. The summed E-state index contributed by atoms with van der Waals surface area (Å²) in [6.45, 7) is 1.67. The summed E-state index contributed by atoms with van der Waals surface area (Å²) in [5.74, 6) is 0.0112. The molecule has 0 saturated carbocycles. The van der Waals surface area contributed by atoms with Crippen molar-refractivity contribution in [2.45, 2.75) is 6.92 Å². The number of imide groups is 1. The molecule has 0 saturated heterocycles. The molecular formula is C12H9Cl2N3O3. The molecule has 0 aliphatic heterocycles. The van der Waals surface area contributed by atoms with E-state index < -0.39 is 11.9 Å². The summed E-state index contributed by atoms with van der Waals surface area (Å²) in [6.07, 6.45) is 0. The van der Waals surface area contributed by atoms with Crippen LogP contribution in [0.15, 0.2) is 28.8 Å². The molecule has 6 nitrogen and oxygen atoms in total. The van der Waals surface area contributed by atoms with Crippen LogP contribution in [0.5, 0.6) is 0 Å². The maximum atomic E-state index is 11.9. The zero-order chi connectivity index (χ0) is 14.7. The summed E-state index contributed by atoms with van der Waals surface area (Å²) in [5, 5.41) is 8.30. The molecule has 0 bridgehead atoms. The molecule has 20 heavy (non-hydrogen) atoms. The lowest BCUT2D eigenvalue weighted by Gasteiger charge is -2.07. The van der Waals surface area contributed by atoms with Crippen molar-refractivity contribution in [1.82, 2.24) is 10.5 Å². The van der Waals surface area contributed by atoms with E-state index in [9.17, 15) is 9.59 Å². The van der Waals surface area contributed by atoms with E-state index in [1.54, 1.807) is 13.0 Å². The normalized spacial score (nSPS) is 10.2. The SMILES string of the molecule is Cc1cc(NC(=O)NC(=O)c2c(Cl)cccc2Cl)no1. The molecule has 2 aromatic rings. The Hall–Kier alpha value is -2.05. The van der Waals surface area contributed by atoms with Crippen LogP contribution in [0.1, 0.15) is 16.1 Å². The van der Waals surface area contributed by atoms with Gasteiger partial charge in [-0.25, -0.2) is 4.79 Å². The number of aromatic nitrogens is 1. The summed E-state index contributed by atoms with van der Waals surface area (Å²) < 4.78 is 4.77. The monoisotopic (exact) mass is 313 g/mol. The Morgan fingerprint density at radius 1 is 1.25 bits per heavy atom. The molecule has 0 atom stereocenters. The highest BCUT2D eigenvalue weighted by Crippen LogP contribution is 2.23. The lowest BCUT2D eigenvalue weighted by Crippen LogP contribution is -2.34. The molecule has 8 heteroatoms. The van der Waals surface area contributed by atoms with E-state index in [-0.39, 0.29) is 21.4 Å². The van der Waals surface area contributed by atoms with Crippen LogP contribution in [-0.4, -0.2) is 17.1 Å². The van der Waals surface area contributed by atoms with Gasteiger partial charge in [-0.3, -0.25) is 15.4 Å². The second-order valence-electron chi connectivity index (χ2n) is 3.83. The first-order valence-corrected chi connectivity index (χ1v) is 6.22. The van der Waals surface area contributed by atoms with E-state index in [1.165, 1.54) is 18.2 Å². The van der Waals surface area contributed by atoms with Gasteiger partial charge >= 0.3 is 6.03 Å². The van der Waals surface area contributed by atoms with Gasteiger partial charge in [0, 0.05) is 6.07 Å². The summed E-state index contributed by atoms with van der Waals surface area (Å²) in [7, 11) is 0. The lowest BCUT2D eigenvalue weighted by molar-refractivity contribution is 0.0967. The van der Waals surface area contributed by atoms with E-state index in [4.69, 9.17) is 27.7 Å². The summed E-state index contributed by atoms with van der Waals surface area (Å²) >= 11 is 11.7. The summed E-state index contributed by atoms with van der Waals surface area (Å²) in [6, 6.07) is 5.34. The van der Waals surface area contributed by atoms with Crippen molar-refractivity contribution >= 4 is 41.0 Å². The average molecular weight is 314 g/mol. The maximum absolute atomic E-state index is 11.9. The Morgan fingerprint density at radius 3 is 2.45 bits per heavy atom. The van der Waals surface area contributed by atoms with Crippen LogP contribution in [0.25, 0.3) is 0 Å². The van der Waals surface area contributed by atoms with Crippen LogP contribution in [0, 0.1) is 6.92 Å². The standard InChI is InChI=1S/C12H9Cl2N3O3/c1-6-5-9(17-20-6)15-12(19)16-11(18)10-7(13)3-2-4-8(10)14/h2-5H,1H3,(H2,15,16,17,18,19). The van der Waals surface area contributed by atoms with Gasteiger partial charge in [0.15, 0.2) is 5.82 Å². The van der Waals surface area contributed by atoms with Crippen LogP contribution in [0.2, 0.25) is 10.0 Å². The van der Waals surface area contributed by atoms with Crippen LogP contribution in [-0.2, 0) is 0 Å². The van der Waals surface area contributed by atoms with Crippen LogP contribution in [0.3, 0.4) is 0 Å². The quantitative estimate of drug-likeness (QED) is 0.891. The Bertz CT molecular complexity index is 649. The van der Waals surface area contributed by atoms with Gasteiger partial charge in [0.25, 0.3) is 5.91 Å². The number of amides is 3. The van der Waals surface area contributed by atoms with E-state index >= 15 is 0 Å². The molecule has 1 aromatic carbocycles. The minimum Gasteiger partial charge on any atom is -0.360 e. The number of carbonyl (C=O) groups is 2. The lowest BCUT2D eigenvalue weighted by atomic mass is 10.2. The average Bonchev–Trinajstić information content (AvgIpc) is 2.74. The van der Waals surface area contributed by atoms with Crippen molar-refractivity contribution in [3.05, 3.63) is 45.6 Å². The van der Waals surface area contributed by atoms with Crippen LogP contribution < -0.4 is 10.6 Å². The second kappa shape index (κ2) is 5.94. The Balaban J connectivity index is 2.06. The Labute approximate surface area is 124 Å². The predicted molar refractivity (Wildman–Crippen MR) is 74.2 cm³/mol. The second-order valence-corrected chi connectivity index (χ2v) is 4.64. The van der Waals surface area contributed by atoms with Gasteiger partial charge in [0.2, 0.25) is 0 Å². The fourth-order valence-electron chi connectivity index (χ4n) is 1.45. The first-order chi connectivity index (χ1) is 9.47.